The molecule has 0 bridgehead atoms. The van der Waals surface area contributed by atoms with Crippen molar-refractivity contribution in [3.63, 3.8) is 0 Å². The molecule has 0 radical (unpaired) electrons. The van der Waals surface area contributed by atoms with E-state index in [2.05, 4.69) is 5.32 Å². The van der Waals surface area contributed by atoms with E-state index in [-0.39, 0.29) is 5.91 Å². The van der Waals surface area contributed by atoms with E-state index in [0.29, 0.717) is 23.6 Å². The lowest BCUT2D eigenvalue weighted by atomic mass is 10.1. The van der Waals surface area contributed by atoms with Crippen LogP contribution in [0.15, 0.2) is 36.4 Å². The number of rotatable bonds is 4. The minimum absolute atomic E-state index is 0.170. The van der Waals surface area contributed by atoms with E-state index in [4.69, 9.17) is 14.2 Å². The number of para-hydroxylation sites is 1. The molecule has 0 saturated carbocycles. The highest BCUT2D eigenvalue weighted by Gasteiger charge is 2.29. The van der Waals surface area contributed by atoms with Crippen molar-refractivity contribution in [3.8, 4) is 17.2 Å². The van der Waals surface area contributed by atoms with E-state index in [1.807, 2.05) is 37.3 Å². The van der Waals surface area contributed by atoms with Gasteiger partial charge >= 0.3 is 0 Å². The largest absolute Gasteiger partial charge is 0.493 e. The Morgan fingerprint density at radius 3 is 2.57 bits per heavy atom. The van der Waals surface area contributed by atoms with E-state index >= 15 is 0 Å². The van der Waals surface area contributed by atoms with Crippen LogP contribution in [0, 0.1) is 6.92 Å². The van der Waals surface area contributed by atoms with Gasteiger partial charge in [-0.3, -0.25) is 4.79 Å². The number of carbonyl (C=O) groups is 1. The summed E-state index contributed by atoms with van der Waals surface area (Å²) in [4.78, 5) is 12.5. The Kier molecular flexibility index (Phi) is 4.10. The number of methoxy groups -OCH3 is 2. The van der Waals surface area contributed by atoms with Crippen molar-refractivity contribution < 1.29 is 19.0 Å². The number of fused-ring (bicyclic) bond motifs is 1. The zero-order valence-corrected chi connectivity index (χ0v) is 13.4. The minimum Gasteiger partial charge on any atom is -0.493 e. The molecule has 120 valence electrons. The van der Waals surface area contributed by atoms with E-state index in [1.165, 1.54) is 0 Å². The molecular formula is C18H19NO4. The Morgan fingerprint density at radius 2 is 1.87 bits per heavy atom. The van der Waals surface area contributed by atoms with Crippen molar-refractivity contribution in [2.75, 3.05) is 19.5 Å². The van der Waals surface area contributed by atoms with Crippen molar-refractivity contribution in [1.82, 2.24) is 0 Å². The highest BCUT2D eigenvalue weighted by molar-refractivity contribution is 5.96. The monoisotopic (exact) mass is 313 g/mol. The van der Waals surface area contributed by atoms with Gasteiger partial charge in [-0.15, -0.1) is 0 Å². The standard InChI is InChI=1S/C18H19NO4/c1-11-8-15(21-2)16(22-3)10-13(11)19-18(20)17-9-12-6-4-5-7-14(12)23-17/h4-8,10,17H,9H2,1-3H3,(H,19,20)/t17-/m1/s1. The lowest BCUT2D eigenvalue weighted by molar-refractivity contribution is -0.122. The van der Waals surface area contributed by atoms with Gasteiger partial charge in [-0.1, -0.05) is 18.2 Å². The second-order valence-corrected chi connectivity index (χ2v) is 5.43. The van der Waals surface area contributed by atoms with Crippen LogP contribution in [-0.4, -0.2) is 26.2 Å². The molecule has 0 aliphatic carbocycles. The van der Waals surface area contributed by atoms with Crippen LogP contribution >= 0.6 is 0 Å². The smallest absolute Gasteiger partial charge is 0.265 e. The summed E-state index contributed by atoms with van der Waals surface area (Å²) in [6.07, 6.45) is 0.0637. The molecule has 1 N–H and O–H groups in total. The predicted octanol–water partition coefficient (Wildman–Crippen LogP) is 2.95. The van der Waals surface area contributed by atoms with Gasteiger partial charge in [0.15, 0.2) is 17.6 Å². The fraction of sp³-hybridized carbons (Fsp3) is 0.278. The maximum Gasteiger partial charge on any atom is 0.265 e. The molecule has 1 heterocycles. The number of aryl methyl sites for hydroxylation is 1. The quantitative estimate of drug-likeness (QED) is 0.943. The van der Waals surface area contributed by atoms with Gasteiger partial charge in [0.25, 0.3) is 5.91 Å². The summed E-state index contributed by atoms with van der Waals surface area (Å²) >= 11 is 0. The lowest BCUT2D eigenvalue weighted by Crippen LogP contribution is -2.31. The first kappa shape index (κ1) is 15.2. The molecule has 0 unspecified atom stereocenters. The van der Waals surface area contributed by atoms with E-state index in [9.17, 15) is 4.79 Å². The summed E-state index contributed by atoms with van der Waals surface area (Å²) < 4.78 is 16.3. The van der Waals surface area contributed by atoms with Gasteiger partial charge in [0.2, 0.25) is 0 Å². The van der Waals surface area contributed by atoms with Crippen molar-refractivity contribution >= 4 is 11.6 Å². The minimum atomic E-state index is -0.514. The van der Waals surface area contributed by atoms with Crippen molar-refractivity contribution in [3.05, 3.63) is 47.5 Å². The van der Waals surface area contributed by atoms with Crippen LogP contribution < -0.4 is 19.5 Å². The molecule has 5 nitrogen and oxygen atoms in total. The topological polar surface area (TPSA) is 56.8 Å². The third-order valence-electron chi connectivity index (χ3n) is 3.93. The van der Waals surface area contributed by atoms with Crippen molar-refractivity contribution in [1.29, 1.82) is 0 Å². The summed E-state index contributed by atoms with van der Waals surface area (Å²) in [5, 5.41) is 2.91. The zero-order valence-electron chi connectivity index (χ0n) is 13.4. The molecule has 5 heteroatoms. The highest BCUT2D eigenvalue weighted by atomic mass is 16.5. The van der Waals surface area contributed by atoms with E-state index < -0.39 is 6.10 Å². The van der Waals surface area contributed by atoms with Crippen LogP contribution in [0.1, 0.15) is 11.1 Å². The van der Waals surface area contributed by atoms with Gasteiger partial charge < -0.3 is 19.5 Å². The molecule has 3 rings (SSSR count). The number of amides is 1. The summed E-state index contributed by atoms with van der Waals surface area (Å²) in [6.45, 7) is 1.90. The molecule has 0 aromatic heterocycles. The predicted molar refractivity (Wildman–Crippen MR) is 87.5 cm³/mol. The second-order valence-electron chi connectivity index (χ2n) is 5.43. The summed E-state index contributed by atoms with van der Waals surface area (Å²) in [6, 6.07) is 11.3. The van der Waals surface area contributed by atoms with Gasteiger partial charge in [0.1, 0.15) is 5.75 Å². The van der Waals surface area contributed by atoms with Gasteiger partial charge in [-0.05, 0) is 30.2 Å². The molecule has 0 spiro atoms. The number of benzene rings is 2. The number of carbonyl (C=O) groups excluding carboxylic acids is 1. The number of hydrogen-bond donors (Lipinski definition) is 1. The maximum absolute atomic E-state index is 12.5. The summed E-state index contributed by atoms with van der Waals surface area (Å²) in [5.41, 5.74) is 2.63. The first-order valence-corrected chi connectivity index (χ1v) is 7.40. The Bertz CT molecular complexity index is 717. The lowest BCUT2D eigenvalue weighted by Gasteiger charge is -2.15. The van der Waals surface area contributed by atoms with Gasteiger partial charge in [0, 0.05) is 18.2 Å². The first-order valence-electron chi connectivity index (χ1n) is 7.40. The fourth-order valence-corrected chi connectivity index (χ4v) is 2.66. The SMILES string of the molecule is COc1cc(C)c(NC(=O)[C@H]2Cc3ccccc3O2)cc1OC. The molecule has 2 aromatic rings. The zero-order chi connectivity index (χ0) is 16.4. The van der Waals surface area contributed by atoms with Crippen molar-refractivity contribution in [2.24, 2.45) is 0 Å². The van der Waals surface area contributed by atoms with Crippen LogP contribution in [-0.2, 0) is 11.2 Å². The molecule has 1 aliphatic rings. The molecule has 0 fully saturated rings. The van der Waals surface area contributed by atoms with E-state index in [0.717, 1.165) is 16.9 Å². The normalized spacial score (nSPS) is 15.5. The third kappa shape index (κ3) is 2.95. The third-order valence-corrected chi connectivity index (χ3v) is 3.93. The number of nitrogens with one attached hydrogen (secondary N) is 1. The molecule has 1 atom stereocenters. The number of hydrogen-bond acceptors (Lipinski definition) is 4. The number of anilines is 1. The van der Waals surface area contributed by atoms with Crippen LogP contribution in [0.25, 0.3) is 0 Å². The molecule has 23 heavy (non-hydrogen) atoms. The van der Waals surface area contributed by atoms with Gasteiger partial charge in [0.05, 0.1) is 14.2 Å². The Hall–Kier alpha value is -2.69. The maximum atomic E-state index is 12.5. The molecule has 1 amide bonds. The average Bonchev–Trinajstić information content (AvgIpc) is 3.00. The first-order chi connectivity index (χ1) is 11.1. The Labute approximate surface area is 135 Å². The molecule has 2 aromatic carbocycles. The molecule has 0 saturated heterocycles. The summed E-state index contributed by atoms with van der Waals surface area (Å²) in [7, 11) is 3.15. The average molecular weight is 313 g/mol. The Morgan fingerprint density at radius 1 is 1.17 bits per heavy atom. The van der Waals surface area contributed by atoms with Gasteiger partial charge in [-0.25, -0.2) is 0 Å². The van der Waals surface area contributed by atoms with Crippen LogP contribution in [0.4, 0.5) is 5.69 Å². The number of ether oxygens (including phenoxy) is 3. The van der Waals surface area contributed by atoms with Crippen molar-refractivity contribution in [2.45, 2.75) is 19.4 Å². The molecule has 1 aliphatic heterocycles. The highest BCUT2D eigenvalue weighted by Crippen LogP contribution is 2.34. The van der Waals surface area contributed by atoms with E-state index in [1.54, 1.807) is 20.3 Å². The van der Waals surface area contributed by atoms with Crippen LogP contribution in [0.2, 0.25) is 0 Å². The van der Waals surface area contributed by atoms with Crippen LogP contribution in [0.5, 0.6) is 17.2 Å². The van der Waals surface area contributed by atoms with Gasteiger partial charge in [-0.2, -0.15) is 0 Å². The molecular weight excluding hydrogens is 294 g/mol. The fourth-order valence-electron chi connectivity index (χ4n) is 2.66. The van der Waals surface area contributed by atoms with Crippen LogP contribution in [0.3, 0.4) is 0 Å². The second kappa shape index (κ2) is 6.20. The Balaban J connectivity index is 1.76. The summed E-state index contributed by atoms with van der Waals surface area (Å²) in [5.74, 6) is 1.81.